The minimum absolute atomic E-state index is 0.156. The number of halogens is 2. The molecule has 1 aromatic carbocycles. The van der Waals surface area contributed by atoms with Crippen molar-refractivity contribution in [2.24, 2.45) is 11.0 Å². The number of rotatable bonds is 3. The summed E-state index contributed by atoms with van der Waals surface area (Å²) in [6.45, 7) is 1.14. The zero-order valence-electron chi connectivity index (χ0n) is 15.5. The van der Waals surface area contributed by atoms with E-state index in [-0.39, 0.29) is 11.8 Å². The highest BCUT2D eigenvalue weighted by atomic mass is 19.1. The Balaban J connectivity index is 1.45. The average molecular weight is 396 g/mol. The second-order valence-electron chi connectivity index (χ2n) is 7.07. The molecule has 148 valence electrons. The number of hydrogen-bond donors (Lipinski definition) is 0. The average Bonchev–Trinajstić information content (AvgIpc) is 3.22. The maximum Gasteiger partial charge on any atom is 0.246 e. The predicted octanol–water partition coefficient (Wildman–Crippen LogP) is 2.80. The van der Waals surface area contributed by atoms with Crippen LogP contribution in [0, 0.1) is 28.9 Å². The van der Waals surface area contributed by atoms with Gasteiger partial charge < -0.3 is 4.90 Å². The summed E-state index contributed by atoms with van der Waals surface area (Å²) in [6, 6.07) is 4.87. The molecule has 1 saturated heterocycles. The summed E-state index contributed by atoms with van der Waals surface area (Å²) in [5, 5.41) is 14.7. The molecule has 1 fully saturated rings. The molecule has 1 atom stereocenters. The van der Waals surface area contributed by atoms with Gasteiger partial charge in [-0.05, 0) is 30.5 Å². The van der Waals surface area contributed by atoms with Gasteiger partial charge in [0, 0.05) is 37.7 Å². The van der Waals surface area contributed by atoms with Crippen LogP contribution in [0.1, 0.15) is 36.4 Å². The molecule has 0 radical (unpaired) electrons. The van der Waals surface area contributed by atoms with Crippen LogP contribution in [0.4, 0.5) is 14.6 Å². The maximum atomic E-state index is 13.6. The first kappa shape index (κ1) is 18.9. The normalized spacial score (nSPS) is 19.4. The van der Waals surface area contributed by atoms with Gasteiger partial charge in [0.25, 0.3) is 0 Å². The molecule has 4 rings (SSSR count). The molecule has 1 aromatic heterocycles. The zero-order chi connectivity index (χ0) is 20.4. The molecule has 0 spiro atoms. The molecule has 7 nitrogen and oxygen atoms in total. The highest BCUT2D eigenvalue weighted by Gasteiger charge is 2.35. The lowest BCUT2D eigenvalue weighted by molar-refractivity contribution is -0.138. The van der Waals surface area contributed by atoms with Crippen molar-refractivity contribution >= 4 is 17.9 Å². The summed E-state index contributed by atoms with van der Waals surface area (Å²) in [4.78, 5) is 23.1. The Hall–Kier alpha value is -3.41. The largest absolute Gasteiger partial charge is 0.355 e. The van der Waals surface area contributed by atoms with Crippen LogP contribution in [0.3, 0.4) is 0 Å². The smallest absolute Gasteiger partial charge is 0.246 e. The molecule has 9 heteroatoms. The number of piperidine rings is 1. The van der Waals surface area contributed by atoms with E-state index in [1.807, 2.05) is 4.90 Å². The zero-order valence-corrected chi connectivity index (χ0v) is 15.5. The predicted molar refractivity (Wildman–Crippen MR) is 101 cm³/mol. The van der Waals surface area contributed by atoms with Gasteiger partial charge >= 0.3 is 0 Å². The first-order valence-electron chi connectivity index (χ1n) is 9.33. The van der Waals surface area contributed by atoms with Crippen molar-refractivity contribution in [1.29, 1.82) is 5.26 Å². The van der Waals surface area contributed by atoms with Gasteiger partial charge in [-0.1, -0.05) is 0 Å². The van der Waals surface area contributed by atoms with E-state index in [0.29, 0.717) is 49.3 Å². The van der Waals surface area contributed by atoms with Crippen molar-refractivity contribution < 1.29 is 13.6 Å². The Labute approximate surface area is 166 Å². The SMILES string of the molecule is N#Cc1cncnc1N1CCC(C(=O)N2N=CCC2c2cc(F)cc(F)c2)CC1. The Bertz CT molecular complexity index is 976. The van der Waals surface area contributed by atoms with Gasteiger partial charge in [0.15, 0.2) is 0 Å². The van der Waals surface area contributed by atoms with Gasteiger partial charge in [-0.3, -0.25) is 4.79 Å². The Morgan fingerprint density at radius 1 is 1.17 bits per heavy atom. The van der Waals surface area contributed by atoms with Gasteiger partial charge in [0.05, 0.1) is 12.2 Å². The minimum Gasteiger partial charge on any atom is -0.355 e. The van der Waals surface area contributed by atoms with E-state index in [1.54, 1.807) is 6.21 Å². The van der Waals surface area contributed by atoms with Crippen molar-refractivity contribution in [2.75, 3.05) is 18.0 Å². The second kappa shape index (κ2) is 7.91. The molecule has 3 heterocycles. The number of hydrogen-bond acceptors (Lipinski definition) is 6. The molecule has 2 aliphatic rings. The third-order valence-electron chi connectivity index (χ3n) is 5.28. The number of carbonyl (C=O) groups is 1. The Morgan fingerprint density at radius 3 is 2.59 bits per heavy atom. The lowest BCUT2D eigenvalue weighted by Gasteiger charge is -2.34. The fourth-order valence-electron chi connectivity index (χ4n) is 3.85. The summed E-state index contributed by atoms with van der Waals surface area (Å²) in [5.74, 6) is -1.19. The van der Waals surface area contributed by atoms with Crippen molar-refractivity contribution in [1.82, 2.24) is 15.0 Å². The molecule has 0 saturated carbocycles. The lowest BCUT2D eigenvalue weighted by Crippen LogP contribution is -2.41. The topological polar surface area (TPSA) is 85.5 Å². The molecule has 1 unspecified atom stereocenters. The minimum atomic E-state index is -0.675. The summed E-state index contributed by atoms with van der Waals surface area (Å²) in [5.41, 5.74) is 0.792. The van der Waals surface area contributed by atoms with E-state index in [4.69, 9.17) is 0 Å². The summed E-state index contributed by atoms with van der Waals surface area (Å²) in [6.07, 6.45) is 6.03. The van der Waals surface area contributed by atoms with Crippen molar-refractivity contribution in [2.45, 2.75) is 25.3 Å². The number of nitriles is 1. The summed E-state index contributed by atoms with van der Waals surface area (Å²) >= 11 is 0. The van der Waals surface area contributed by atoms with E-state index in [0.717, 1.165) is 6.07 Å². The maximum absolute atomic E-state index is 13.6. The first-order chi connectivity index (χ1) is 14.1. The number of nitrogens with zero attached hydrogens (tertiary/aromatic N) is 6. The third kappa shape index (κ3) is 3.78. The van der Waals surface area contributed by atoms with E-state index in [1.165, 1.54) is 29.7 Å². The van der Waals surface area contributed by atoms with E-state index in [2.05, 4.69) is 21.1 Å². The van der Waals surface area contributed by atoms with Crippen LogP contribution in [0.25, 0.3) is 0 Å². The van der Waals surface area contributed by atoms with Crippen LogP contribution in [0.5, 0.6) is 0 Å². The molecule has 29 heavy (non-hydrogen) atoms. The lowest BCUT2D eigenvalue weighted by atomic mass is 9.94. The molecular formula is C20H18F2N6O. The van der Waals surface area contributed by atoms with Gasteiger partial charge in [0.2, 0.25) is 5.91 Å². The van der Waals surface area contributed by atoms with Gasteiger partial charge in [-0.15, -0.1) is 0 Å². The van der Waals surface area contributed by atoms with Gasteiger partial charge in [-0.2, -0.15) is 10.4 Å². The highest BCUT2D eigenvalue weighted by Crippen LogP contribution is 2.33. The van der Waals surface area contributed by atoms with Gasteiger partial charge in [-0.25, -0.2) is 23.8 Å². The first-order valence-corrected chi connectivity index (χ1v) is 9.33. The van der Waals surface area contributed by atoms with Crippen molar-refractivity contribution in [3.8, 4) is 6.07 Å². The van der Waals surface area contributed by atoms with Crippen LogP contribution >= 0.6 is 0 Å². The van der Waals surface area contributed by atoms with Crippen LogP contribution in [0.15, 0.2) is 35.8 Å². The van der Waals surface area contributed by atoms with Crippen molar-refractivity contribution in [3.63, 3.8) is 0 Å². The number of carbonyl (C=O) groups excluding carboxylic acids is 1. The Kier molecular flexibility index (Phi) is 5.16. The molecule has 0 N–H and O–H groups in total. The fourth-order valence-corrected chi connectivity index (χ4v) is 3.85. The molecular weight excluding hydrogens is 378 g/mol. The van der Waals surface area contributed by atoms with Crippen LogP contribution in [0.2, 0.25) is 0 Å². The standard InChI is InChI=1S/C20H18F2N6O/c21-16-7-14(8-17(22)9-16)18-1-4-26-28(18)20(29)13-2-5-27(6-3-13)19-15(10-23)11-24-12-25-19/h4,7-9,11-13,18H,1-3,5-6H2. The molecule has 1 amide bonds. The van der Waals surface area contributed by atoms with Crippen LogP contribution in [-0.2, 0) is 4.79 Å². The van der Waals surface area contributed by atoms with Crippen LogP contribution in [-0.4, -0.2) is 40.2 Å². The molecule has 0 aliphatic carbocycles. The highest BCUT2D eigenvalue weighted by molar-refractivity contribution is 5.82. The Morgan fingerprint density at radius 2 is 1.90 bits per heavy atom. The number of hydrazone groups is 1. The number of amides is 1. The summed E-state index contributed by atoms with van der Waals surface area (Å²) < 4.78 is 27.2. The molecule has 2 aliphatic heterocycles. The second-order valence-corrected chi connectivity index (χ2v) is 7.07. The summed E-state index contributed by atoms with van der Waals surface area (Å²) in [7, 11) is 0. The third-order valence-corrected chi connectivity index (χ3v) is 5.28. The fraction of sp³-hybridized carbons (Fsp3) is 0.350. The van der Waals surface area contributed by atoms with Crippen molar-refractivity contribution in [3.05, 3.63) is 53.5 Å². The number of benzene rings is 1. The number of aromatic nitrogens is 2. The molecule has 0 bridgehead atoms. The quantitative estimate of drug-likeness (QED) is 0.796. The molecule has 2 aromatic rings. The monoisotopic (exact) mass is 396 g/mol. The van der Waals surface area contributed by atoms with Gasteiger partial charge in [0.1, 0.15) is 35.4 Å². The van der Waals surface area contributed by atoms with E-state index >= 15 is 0 Å². The van der Waals surface area contributed by atoms with E-state index in [9.17, 15) is 18.8 Å². The van der Waals surface area contributed by atoms with Crippen LogP contribution < -0.4 is 4.90 Å². The number of anilines is 1. The van der Waals surface area contributed by atoms with E-state index < -0.39 is 17.7 Å².